The van der Waals surface area contributed by atoms with Crippen molar-refractivity contribution in [2.45, 2.75) is 24.7 Å². The van der Waals surface area contributed by atoms with E-state index in [1.54, 1.807) is 18.2 Å². The van der Waals surface area contributed by atoms with Gasteiger partial charge in [-0.1, -0.05) is 25.5 Å². The van der Waals surface area contributed by atoms with Crippen LogP contribution in [-0.4, -0.2) is 21.0 Å². The second-order valence-corrected chi connectivity index (χ2v) is 4.74. The van der Waals surface area contributed by atoms with Crippen LogP contribution < -0.4 is 0 Å². The lowest BCUT2D eigenvalue weighted by molar-refractivity contribution is 0.0693. The van der Waals surface area contributed by atoms with E-state index >= 15 is 0 Å². The molecule has 0 aliphatic carbocycles. The Balaban J connectivity index is 2.92. The molecular weight excluding hydrogens is 212 g/mol. The lowest BCUT2D eigenvalue weighted by atomic mass is 10.2. The van der Waals surface area contributed by atoms with Crippen molar-refractivity contribution in [3.63, 3.8) is 0 Å². The number of rotatable bonds is 5. The van der Waals surface area contributed by atoms with Crippen LogP contribution in [0.25, 0.3) is 0 Å². The molecule has 0 saturated heterocycles. The van der Waals surface area contributed by atoms with E-state index in [0.29, 0.717) is 10.6 Å². The maximum absolute atomic E-state index is 11.8. The van der Waals surface area contributed by atoms with Gasteiger partial charge in [0.25, 0.3) is 0 Å². The summed E-state index contributed by atoms with van der Waals surface area (Å²) >= 11 is 0. The van der Waals surface area contributed by atoms with Gasteiger partial charge in [0.2, 0.25) is 0 Å². The number of benzene rings is 1. The zero-order valence-electron chi connectivity index (χ0n) is 8.60. The summed E-state index contributed by atoms with van der Waals surface area (Å²) < 4.78 is 11.8. The molecule has 1 atom stereocenters. The molecule has 4 heteroatoms. The minimum absolute atomic E-state index is 0.145. The van der Waals surface area contributed by atoms with Crippen LogP contribution in [0.4, 0.5) is 0 Å². The predicted molar refractivity (Wildman–Crippen MR) is 59.6 cm³/mol. The average molecular weight is 226 g/mol. The molecule has 0 saturated carbocycles. The van der Waals surface area contributed by atoms with E-state index in [1.807, 2.05) is 6.92 Å². The normalized spacial score (nSPS) is 12.3. The molecule has 0 aliphatic heterocycles. The van der Waals surface area contributed by atoms with E-state index in [0.717, 1.165) is 12.8 Å². The topological polar surface area (TPSA) is 54.4 Å². The lowest BCUT2D eigenvalue weighted by Crippen LogP contribution is -2.06. The van der Waals surface area contributed by atoms with Gasteiger partial charge < -0.3 is 5.11 Å². The number of carboxylic acid groups (broad SMARTS) is 1. The maximum atomic E-state index is 11.8. The van der Waals surface area contributed by atoms with Crippen molar-refractivity contribution in [3.05, 3.63) is 29.8 Å². The summed E-state index contributed by atoms with van der Waals surface area (Å²) in [6, 6.07) is 6.46. The third kappa shape index (κ3) is 3.16. The molecule has 1 rings (SSSR count). The quantitative estimate of drug-likeness (QED) is 0.838. The molecule has 3 nitrogen and oxygen atoms in total. The van der Waals surface area contributed by atoms with E-state index in [4.69, 9.17) is 5.11 Å². The number of unbranched alkanes of at least 4 members (excludes halogenated alkanes) is 1. The number of hydrogen-bond donors (Lipinski definition) is 1. The monoisotopic (exact) mass is 226 g/mol. The Bertz CT molecular complexity index is 374. The average Bonchev–Trinajstić information content (AvgIpc) is 2.25. The van der Waals surface area contributed by atoms with Crippen molar-refractivity contribution in [1.29, 1.82) is 0 Å². The predicted octanol–water partition coefficient (Wildman–Crippen LogP) is 2.29. The van der Waals surface area contributed by atoms with E-state index in [9.17, 15) is 9.00 Å². The fourth-order valence-electron chi connectivity index (χ4n) is 1.23. The SMILES string of the molecule is CCCCS(=O)c1ccccc1C(=O)O. The molecule has 1 aromatic rings. The van der Waals surface area contributed by atoms with Crippen molar-refractivity contribution in [3.8, 4) is 0 Å². The number of hydrogen-bond acceptors (Lipinski definition) is 2. The second kappa shape index (κ2) is 5.66. The van der Waals surface area contributed by atoms with Crippen LogP contribution in [-0.2, 0) is 10.8 Å². The van der Waals surface area contributed by atoms with E-state index in [1.165, 1.54) is 6.07 Å². The summed E-state index contributed by atoms with van der Waals surface area (Å²) in [5.41, 5.74) is 0.145. The highest BCUT2D eigenvalue weighted by Crippen LogP contribution is 2.14. The van der Waals surface area contributed by atoms with Crippen LogP contribution in [0.5, 0.6) is 0 Å². The minimum atomic E-state index is -1.20. The Morgan fingerprint density at radius 1 is 1.40 bits per heavy atom. The summed E-state index contributed by atoms with van der Waals surface area (Å²) in [6.07, 6.45) is 1.81. The first kappa shape index (κ1) is 11.9. The smallest absolute Gasteiger partial charge is 0.336 e. The Hall–Kier alpha value is -1.16. The zero-order chi connectivity index (χ0) is 11.3. The summed E-state index contributed by atoms with van der Waals surface area (Å²) in [6.45, 7) is 2.01. The molecule has 1 N–H and O–H groups in total. The first-order valence-corrected chi connectivity index (χ1v) is 6.19. The highest BCUT2D eigenvalue weighted by Gasteiger charge is 2.13. The first-order chi connectivity index (χ1) is 7.16. The lowest BCUT2D eigenvalue weighted by Gasteiger charge is -2.04. The molecule has 0 spiro atoms. The molecule has 0 aromatic heterocycles. The van der Waals surface area contributed by atoms with Crippen molar-refractivity contribution < 1.29 is 14.1 Å². The molecule has 1 unspecified atom stereocenters. The molecule has 0 heterocycles. The van der Waals surface area contributed by atoms with E-state index in [-0.39, 0.29) is 5.56 Å². The van der Waals surface area contributed by atoms with Crippen LogP contribution in [0.1, 0.15) is 30.1 Å². The van der Waals surface area contributed by atoms with Gasteiger partial charge in [0.05, 0.1) is 21.3 Å². The Morgan fingerprint density at radius 2 is 2.07 bits per heavy atom. The fourth-order valence-corrected chi connectivity index (χ4v) is 2.63. The molecule has 0 bridgehead atoms. The summed E-state index contributed by atoms with van der Waals surface area (Å²) in [7, 11) is -1.20. The van der Waals surface area contributed by atoms with Crippen molar-refractivity contribution in [1.82, 2.24) is 0 Å². The number of aromatic carboxylic acids is 1. The van der Waals surface area contributed by atoms with Gasteiger partial charge in [-0.05, 0) is 18.6 Å². The van der Waals surface area contributed by atoms with Gasteiger partial charge in [-0.3, -0.25) is 4.21 Å². The zero-order valence-corrected chi connectivity index (χ0v) is 9.42. The van der Waals surface area contributed by atoms with Crippen molar-refractivity contribution >= 4 is 16.8 Å². The number of carboxylic acids is 1. The standard InChI is InChI=1S/C11H14O3S/c1-2-3-8-15(14)10-7-5-4-6-9(10)11(12)13/h4-7H,2-3,8H2,1H3,(H,12,13). The van der Waals surface area contributed by atoms with Crippen LogP contribution in [0.15, 0.2) is 29.2 Å². The summed E-state index contributed by atoms with van der Waals surface area (Å²) in [4.78, 5) is 11.3. The maximum Gasteiger partial charge on any atom is 0.336 e. The Kier molecular flexibility index (Phi) is 4.49. The van der Waals surface area contributed by atoms with Crippen LogP contribution in [0.2, 0.25) is 0 Å². The fraction of sp³-hybridized carbons (Fsp3) is 0.364. The summed E-state index contributed by atoms with van der Waals surface area (Å²) in [5, 5.41) is 8.91. The molecular formula is C11H14O3S. The van der Waals surface area contributed by atoms with E-state index in [2.05, 4.69) is 0 Å². The molecule has 15 heavy (non-hydrogen) atoms. The summed E-state index contributed by atoms with van der Waals surface area (Å²) in [5.74, 6) is -0.490. The van der Waals surface area contributed by atoms with Crippen molar-refractivity contribution in [2.75, 3.05) is 5.75 Å². The van der Waals surface area contributed by atoms with Gasteiger partial charge in [0.1, 0.15) is 0 Å². The molecule has 0 aliphatic rings. The Morgan fingerprint density at radius 3 is 2.67 bits per heavy atom. The van der Waals surface area contributed by atoms with Gasteiger partial charge in [0, 0.05) is 5.75 Å². The first-order valence-electron chi connectivity index (χ1n) is 4.87. The van der Waals surface area contributed by atoms with Gasteiger partial charge in [-0.2, -0.15) is 0 Å². The largest absolute Gasteiger partial charge is 0.478 e. The highest BCUT2D eigenvalue weighted by atomic mass is 32.2. The van der Waals surface area contributed by atoms with Crippen LogP contribution in [0, 0.1) is 0 Å². The third-order valence-electron chi connectivity index (χ3n) is 2.05. The number of carbonyl (C=O) groups is 1. The molecule has 0 amide bonds. The Labute approximate surface area is 91.6 Å². The molecule has 1 aromatic carbocycles. The van der Waals surface area contributed by atoms with E-state index < -0.39 is 16.8 Å². The van der Waals surface area contributed by atoms with Crippen LogP contribution in [0.3, 0.4) is 0 Å². The van der Waals surface area contributed by atoms with Gasteiger partial charge >= 0.3 is 5.97 Å². The van der Waals surface area contributed by atoms with Gasteiger partial charge in [0.15, 0.2) is 0 Å². The van der Waals surface area contributed by atoms with Gasteiger partial charge in [-0.15, -0.1) is 0 Å². The molecule has 82 valence electrons. The highest BCUT2D eigenvalue weighted by molar-refractivity contribution is 7.85. The molecule has 0 radical (unpaired) electrons. The van der Waals surface area contributed by atoms with Crippen LogP contribution >= 0.6 is 0 Å². The minimum Gasteiger partial charge on any atom is -0.478 e. The molecule has 0 fully saturated rings. The third-order valence-corrected chi connectivity index (χ3v) is 3.55. The van der Waals surface area contributed by atoms with Gasteiger partial charge in [-0.25, -0.2) is 4.79 Å². The van der Waals surface area contributed by atoms with Crippen molar-refractivity contribution in [2.24, 2.45) is 0 Å². The second-order valence-electron chi connectivity index (χ2n) is 3.20.